The molecule has 0 spiro atoms. The van der Waals surface area contributed by atoms with Crippen LogP contribution in [0.5, 0.6) is 0 Å². The van der Waals surface area contributed by atoms with Crippen molar-refractivity contribution < 1.29 is 4.74 Å². The third-order valence-corrected chi connectivity index (χ3v) is 2.54. The Hall–Kier alpha value is -1.56. The molecule has 0 aliphatic carbocycles. The number of nitrogens with two attached hydrogens (primary N) is 1. The first-order chi connectivity index (χ1) is 8.61. The van der Waals surface area contributed by atoms with Crippen molar-refractivity contribution in [1.29, 1.82) is 0 Å². The highest BCUT2D eigenvalue weighted by Crippen LogP contribution is 1.92. The van der Waals surface area contributed by atoms with Crippen molar-refractivity contribution in [3.05, 3.63) is 27.0 Å². The van der Waals surface area contributed by atoms with Crippen molar-refractivity contribution in [3.8, 4) is 0 Å². The molecule has 1 heterocycles. The van der Waals surface area contributed by atoms with E-state index in [1.165, 1.54) is 10.8 Å². The average molecular weight is 255 g/mol. The molecule has 0 saturated heterocycles. The van der Waals surface area contributed by atoms with E-state index in [9.17, 15) is 9.59 Å². The van der Waals surface area contributed by atoms with E-state index in [0.29, 0.717) is 19.8 Å². The number of aryl methyl sites for hydroxylation is 1. The van der Waals surface area contributed by atoms with Gasteiger partial charge < -0.3 is 10.5 Å². The minimum atomic E-state index is -0.438. The summed E-state index contributed by atoms with van der Waals surface area (Å²) in [4.78, 5) is 23.8. The van der Waals surface area contributed by atoms with Crippen molar-refractivity contribution in [1.82, 2.24) is 9.13 Å². The summed E-state index contributed by atoms with van der Waals surface area (Å²) in [5.74, 6) is 0. The summed E-state index contributed by atoms with van der Waals surface area (Å²) < 4.78 is 7.90. The van der Waals surface area contributed by atoms with Crippen LogP contribution in [-0.2, 0) is 17.8 Å². The van der Waals surface area contributed by atoms with Crippen LogP contribution in [0.2, 0.25) is 0 Å². The van der Waals surface area contributed by atoms with Gasteiger partial charge in [0.15, 0.2) is 0 Å². The highest BCUT2D eigenvalue weighted by molar-refractivity contribution is 5.30. The Morgan fingerprint density at radius 1 is 1.17 bits per heavy atom. The first-order valence-corrected chi connectivity index (χ1v) is 6.29. The van der Waals surface area contributed by atoms with Gasteiger partial charge in [0.2, 0.25) is 0 Å². The molecule has 0 aliphatic heterocycles. The van der Waals surface area contributed by atoms with Crippen LogP contribution in [-0.4, -0.2) is 22.3 Å². The van der Waals surface area contributed by atoms with Gasteiger partial charge in [0.25, 0.3) is 5.56 Å². The number of hydrogen-bond donors (Lipinski definition) is 1. The maximum absolute atomic E-state index is 12.0. The summed E-state index contributed by atoms with van der Waals surface area (Å²) >= 11 is 0. The van der Waals surface area contributed by atoms with E-state index in [0.717, 1.165) is 17.4 Å². The van der Waals surface area contributed by atoms with Gasteiger partial charge in [0.05, 0.1) is 13.2 Å². The SMILES string of the molecule is CCCOCCn1c(=O)c(N)cn(CCC)c1=O. The average Bonchev–Trinajstić information content (AvgIpc) is 2.35. The number of anilines is 1. The van der Waals surface area contributed by atoms with Crippen molar-refractivity contribution in [2.24, 2.45) is 0 Å². The smallest absolute Gasteiger partial charge is 0.331 e. The van der Waals surface area contributed by atoms with Crippen LogP contribution in [0.1, 0.15) is 26.7 Å². The maximum atomic E-state index is 12.0. The molecule has 0 atom stereocenters. The van der Waals surface area contributed by atoms with E-state index in [1.807, 2.05) is 13.8 Å². The van der Waals surface area contributed by atoms with E-state index in [-0.39, 0.29) is 17.9 Å². The molecule has 0 saturated carbocycles. The van der Waals surface area contributed by atoms with Gasteiger partial charge in [0.1, 0.15) is 5.69 Å². The second kappa shape index (κ2) is 7.00. The molecule has 0 radical (unpaired) electrons. The summed E-state index contributed by atoms with van der Waals surface area (Å²) in [7, 11) is 0. The predicted octanol–water partition coefficient (Wildman–Crippen LogP) is 0.429. The predicted molar refractivity (Wildman–Crippen MR) is 70.8 cm³/mol. The molecule has 18 heavy (non-hydrogen) atoms. The first-order valence-electron chi connectivity index (χ1n) is 6.29. The van der Waals surface area contributed by atoms with Crippen LogP contribution >= 0.6 is 0 Å². The highest BCUT2D eigenvalue weighted by Gasteiger charge is 2.08. The molecule has 1 aromatic rings. The molecular formula is C12H21N3O3. The second-order valence-electron chi connectivity index (χ2n) is 4.13. The van der Waals surface area contributed by atoms with E-state index in [4.69, 9.17) is 10.5 Å². The molecule has 0 amide bonds. The van der Waals surface area contributed by atoms with E-state index >= 15 is 0 Å². The Morgan fingerprint density at radius 2 is 1.89 bits per heavy atom. The number of rotatable bonds is 7. The normalized spacial score (nSPS) is 10.8. The van der Waals surface area contributed by atoms with Crippen LogP contribution in [0.15, 0.2) is 15.8 Å². The number of nitrogens with zero attached hydrogens (tertiary/aromatic N) is 2. The van der Waals surface area contributed by atoms with E-state index < -0.39 is 5.56 Å². The zero-order valence-corrected chi connectivity index (χ0v) is 11.0. The van der Waals surface area contributed by atoms with Crippen LogP contribution < -0.4 is 17.0 Å². The quantitative estimate of drug-likeness (QED) is 0.716. The summed E-state index contributed by atoms with van der Waals surface area (Å²) in [5, 5.41) is 0. The zero-order chi connectivity index (χ0) is 13.5. The van der Waals surface area contributed by atoms with Crippen molar-refractivity contribution >= 4 is 5.69 Å². The second-order valence-corrected chi connectivity index (χ2v) is 4.13. The molecule has 0 unspecified atom stereocenters. The molecule has 0 aromatic carbocycles. The zero-order valence-electron chi connectivity index (χ0n) is 11.0. The molecule has 6 heteroatoms. The lowest BCUT2D eigenvalue weighted by Crippen LogP contribution is -2.41. The van der Waals surface area contributed by atoms with Gasteiger partial charge in [-0.15, -0.1) is 0 Å². The van der Waals surface area contributed by atoms with Crippen molar-refractivity contribution in [2.45, 2.75) is 39.8 Å². The third-order valence-electron chi connectivity index (χ3n) is 2.54. The lowest BCUT2D eigenvalue weighted by atomic mass is 10.4. The summed E-state index contributed by atoms with van der Waals surface area (Å²) in [6, 6.07) is 0. The molecule has 2 N–H and O–H groups in total. The first kappa shape index (κ1) is 14.5. The molecule has 1 rings (SSSR count). The molecule has 0 bridgehead atoms. The van der Waals surface area contributed by atoms with Gasteiger partial charge >= 0.3 is 5.69 Å². The minimum absolute atomic E-state index is 0.0959. The van der Waals surface area contributed by atoms with Gasteiger partial charge in [-0.3, -0.25) is 13.9 Å². The lowest BCUT2D eigenvalue weighted by Gasteiger charge is -2.10. The van der Waals surface area contributed by atoms with Crippen LogP contribution in [0, 0.1) is 0 Å². The minimum Gasteiger partial charge on any atom is -0.393 e. The number of nitrogen functional groups attached to an aromatic ring is 1. The monoisotopic (exact) mass is 255 g/mol. The Kier molecular flexibility index (Phi) is 5.64. The molecular weight excluding hydrogens is 234 g/mol. The van der Waals surface area contributed by atoms with Gasteiger partial charge in [-0.05, 0) is 12.8 Å². The fraction of sp³-hybridized carbons (Fsp3) is 0.667. The number of ether oxygens (including phenoxy) is 1. The van der Waals surface area contributed by atoms with Crippen LogP contribution in [0.3, 0.4) is 0 Å². The number of hydrogen-bond acceptors (Lipinski definition) is 4. The molecule has 6 nitrogen and oxygen atoms in total. The summed E-state index contributed by atoms with van der Waals surface area (Å²) in [6.45, 7) is 5.73. The topological polar surface area (TPSA) is 79.2 Å². The fourth-order valence-electron chi connectivity index (χ4n) is 1.68. The van der Waals surface area contributed by atoms with Crippen molar-refractivity contribution in [2.75, 3.05) is 18.9 Å². The highest BCUT2D eigenvalue weighted by atomic mass is 16.5. The Balaban J connectivity index is 2.94. The van der Waals surface area contributed by atoms with Gasteiger partial charge in [-0.1, -0.05) is 13.8 Å². The Morgan fingerprint density at radius 3 is 2.50 bits per heavy atom. The Bertz CT molecular complexity index is 490. The van der Waals surface area contributed by atoms with Gasteiger partial charge in [0, 0.05) is 19.3 Å². The van der Waals surface area contributed by atoms with Crippen LogP contribution in [0.4, 0.5) is 5.69 Å². The standard InChI is InChI=1S/C12H21N3O3/c1-3-5-14-9-10(13)11(16)15(12(14)17)6-8-18-7-4-2/h9H,3-8,13H2,1-2H3. The largest absolute Gasteiger partial charge is 0.393 e. The summed E-state index contributed by atoms with van der Waals surface area (Å²) in [6.07, 6.45) is 3.13. The fourth-order valence-corrected chi connectivity index (χ4v) is 1.68. The Labute approximate surface area is 106 Å². The van der Waals surface area contributed by atoms with Crippen LogP contribution in [0.25, 0.3) is 0 Å². The van der Waals surface area contributed by atoms with Gasteiger partial charge in [-0.2, -0.15) is 0 Å². The molecule has 0 fully saturated rings. The molecule has 102 valence electrons. The maximum Gasteiger partial charge on any atom is 0.331 e. The number of aromatic nitrogens is 2. The van der Waals surface area contributed by atoms with Crippen molar-refractivity contribution in [3.63, 3.8) is 0 Å². The third kappa shape index (κ3) is 3.46. The van der Waals surface area contributed by atoms with Gasteiger partial charge in [-0.25, -0.2) is 4.79 Å². The summed E-state index contributed by atoms with van der Waals surface area (Å²) in [5.41, 5.74) is 4.95. The molecule has 1 aromatic heterocycles. The lowest BCUT2D eigenvalue weighted by molar-refractivity contribution is 0.125. The van der Waals surface area contributed by atoms with E-state index in [1.54, 1.807) is 0 Å². The molecule has 0 aliphatic rings. The van der Waals surface area contributed by atoms with E-state index in [2.05, 4.69) is 0 Å².